The van der Waals surface area contributed by atoms with Crippen LogP contribution in [0.1, 0.15) is 6.92 Å². The Morgan fingerprint density at radius 2 is 2.22 bits per heavy atom. The van der Waals surface area contributed by atoms with Gasteiger partial charge in [-0.3, -0.25) is 14.9 Å². The van der Waals surface area contributed by atoms with Crippen LogP contribution in [0, 0.1) is 10.1 Å². The van der Waals surface area contributed by atoms with Gasteiger partial charge in [-0.25, -0.2) is 0 Å². The lowest BCUT2D eigenvalue weighted by Crippen LogP contribution is -2.24. The van der Waals surface area contributed by atoms with E-state index >= 15 is 0 Å². The number of ether oxygens (including phenoxy) is 2. The number of non-ortho nitro benzene ring substituents is 1. The Balaban J connectivity index is 2.45. The van der Waals surface area contributed by atoms with Crippen molar-refractivity contribution in [2.45, 2.75) is 13.0 Å². The summed E-state index contributed by atoms with van der Waals surface area (Å²) in [6.45, 7) is 0.937. The summed E-state index contributed by atoms with van der Waals surface area (Å²) in [5, 5.41) is 19.9. The zero-order valence-electron chi connectivity index (χ0n) is 9.74. The molecule has 0 amide bonds. The minimum atomic E-state index is -0.979. The van der Waals surface area contributed by atoms with Gasteiger partial charge in [0.1, 0.15) is 25.1 Å². The molecule has 0 aliphatic heterocycles. The summed E-state index contributed by atoms with van der Waals surface area (Å²) in [5.74, 6) is -0.226. The van der Waals surface area contributed by atoms with Crippen LogP contribution in [0.3, 0.4) is 0 Å². The molecule has 0 aliphatic carbocycles. The zero-order valence-corrected chi connectivity index (χ0v) is 9.74. The molecule has 98 valence electrons. The summed E-state index contributed by atoms with van der Waals surface area (Å²) >= 11 is 0. The summed E-state index contributed by atoms with van der Waals surface area (Å²) in [4.78, 5) is 20.5. The molecule has 1 N–H and O–H groups in total. The summed E-state index contributed by atoms with van der Waals surface area (Å²) in [5.41, 5.74) is -0.0954. The number of carbonyl (C=O) groups excluding carboxylic acids is 1. The standard InChI is InChI=1S/C11H13NO6/c1-8(13)17-6-10(14)7-18-11-4-2-3-9(5-11)12(15)16/h2-5,10,14H,6-7H2,1H3. The molecule has 0 radical (unpaired) electrons. The number of aliphatic hydroxyl groups is 1. The van der Waals surface area contributed by atoms with Crippen LogP contribution in [0.25, 0.3) is 0 Å². The van der Waals surface area contributed by atoms with Gasteiger partial charge in [0.15, 0.2) is 0 Å². The van der Waals surface area contributed by atoms with E-state index in [0.29, 0.717) is 0 Å². The maximum Gasteiger partial charge on any atom is 0.302 e. The number of nitro benzene ring substituents is 1. The number of nitro groups is 1. The lowest BCUT2D eigenvalue weighted by Gasteiger charge is -2.11. The van der Waals surface area contributed by atoms with Gasteiger partial charge in [0.05, 0.1) is 11.0 Å². The first-order valence-corrected chi connectivity index (χ1v) is 5.17. The molecule has 1 unspecified atom stereocenters. The molecule has 0 saturated carbocycles. The normalized spacial score (nSPS) is 11.7. The first-order chi connectivity index (χ1) is 8.49. The fraction of sp³-hybridized carbons (Fsp3) is 0.364. The average Bonchev–Trinajstić information content (AvgIpc) is 2.34. The summed E-state index contributed by atoms with van der Waals surface area (Å²) in [6.07, 6.45) is -0.979. The van der Waals surface area contributed by atoms with Crippen LogP contribution in [0.5, 0.6) is 5.75 Å². The molecule has 7 nitrogen and oxygen atoms in total. The van der Waals surface area contributed by atoms with Crippen molar-refractivity contribution in [3.63, 3.8) is 0 Å². The highest BCUT2D eigenvalue weighted by Crippen LogP contribution is 2.19. The molecule has 0 fully saturated rings. The van der Waals surface area contributed by atoms with Crippen LogP contribution >= 0.6 is 0 Å². The van der Waals surface area contributed by atoms with Gasteiger partial charge in [0.25, 0.3) is 5.69 Å². The van der Waals surface area contributed by atoms with E-state index in [9.17, 15) is 20.0 Å². The summed E-state index contributed by atoms with van der Waals surface area (Å²) in [6, 6.07) is 5.60. The van der Waals surface area contributed by atoms with Crippen LogP contribution < -0.4 is 4.74 Å². The second-order valence-electron chi connectivity index (χ2n) is 3.52. The number of hydrogen-bond acceptors (Lipinski definition) is 6. The molecule has 0 bridgehead atoms. The van der Waals surface area contributed by atoms with E-state index in [2.05, 4.69) is 4.74 Å². The molecule has 0 saturated heterocycles. The van der Waals surface area contributed by atoms with Crippen LogP contribution in [0.2, 0.25) is 0 Å². The molecule has 18 heavy (non-hydrogen) atoms. The highest BCUT2D eigenvalue weighted by Gasteiger charge is 2.10. The Morgan fingerprint density at radius 3 is 2.83 bits per heavy atom. The van der Waals surface area contributed by atoms with E-state index < -0.39 is 17.0 Å². The van der Waals surface area contributed by atoms with Crippen LogP contribution in [-0.4, -0.2) is 35.3 Å². The molecule has 7 heteroatoms. The van der Waals surface area contributed by atoms with Gasteiger partial charge >= 0.3 is 5.97 Å². The third kappa shape index (κ3) is 4.79. The van der Waals surface area contributed by atoms with E-state index in [1.54, 1.807) is 0 Å². The minimum absolute atomic E-state index is 0.0954. The molecule has 0 spiro atoms. The van der Waals surface area contributed by atoms with Crippen molar-refractivity contribution in [2.24, 2.45) is 0 Å². The number of hydrogen-bond donors (Lipinski definition) is 1. The Hall–Kier alpha value is -2.15. The number of rotatable bonds is 6. The van der Waals surface area contributed by atoms with Crippen molar-refractivity contribution >= 4 is 11.7 Å². The molecule has 0 aromatic heterocycles. The molecule has 0 aliphatic rings. The maximum atomic E-state index is 10.5. The quantitative estimate of drug-likeness (QED) is 0.460. The van der Waals surface area contributed by atoms with E-state index in [1.165, 1.54) is 31.2 Å². The van der Waals surface area contributed by atoms with E-state index in [0.717, 1.165) is 0 Å². The van der Waals surface area contributed by atoms with Gasteiger partial charge in [-0.2, -0.15) is 0 Å². The van der Waals surface area contributed by atoms with Crippen molar-refractivity contribution in [3.8, 4) is 5.75 Å². The molecule has 1 rings (SSSR count). The van der Waals surface area contributed by atoms with E-state index in [1.807, 2.05) is 0 Å². The molecular weight excluding hydrogens is 242 g/mol. The highest BCUT2D eigenvalue weighted by atomic mass is 16.6. The Bertz CT molecular complexity index is 433. The zero-order chi connectivity index (χ0) is 13.5. The number of aliphatic hydroxyl groups excluding tert-OH is 1. The van der Waals surface area contributed by atoms with Crippen molar-refractivity contribution in [1.29, 1.82) is 0 Å². The third-order valence-corrected chi connectivity index (χ3v) is 1.95. The molecular formula is C11H13NO6. The maximum absolute atomic E-state index is 10.5. The summed E-state index contributed by atoms with van der Waals surface area (Å²) in [7, 11) is 0. The number of nitrogens with zero attached hydrogens (tertiary/aromatic N) is 1. The second kappa shape index (κ2) is 6.55. The van der Waals surface area contributed by atoms with Gasteiger partial charge in [-0.15, -0.1) is 0 Å². The predicted octanol–water partition coefficient (Wildman–Crippen LogP) is 0.898. The Morgan fingerprint density at radius 1 is 1.50 bits per heavy atom. The number of benzene rings is 1. The van der Waals surface area contributed by atoms with Gasteiger partial charge in [0.2, 0.25) is 0 Å². The third-order valence-electron chi connectivity index (χ3n) is 1.95. The van der Waals surface area contributed by atoms with Crippen LogP contribution in [0.4, 0.5) is 5.69 Å². The van der Waals surface area contributed by atoms with Gasteiger partial charge < -0.3 is 14.6 Å². The van der Waals surface area contributed by atoms with Crippen LogP contribution in [-0.2, 0) is 9.53 Å². The van der Waals surface area contributed by atoms with E-state index in [4.69, 9.17) is 4.74 Å². The van der Waals surface area contributed by atoms with Crippen molar-refractivity contribution in [2.75, 3.05) is 13.2 Å². The first kappa shape index (κ1) is 13.9. The number of carbonyl (C=O) groups is 1. The summed E-state index contributed by atoms with van der Waals surface area (Å²) < 4.78 is 9.72. The minimum Gasteiger partial charge on any atom is -0.490 e. The van der Waals surface area contributed by atoms with Crippen LogP contribution in [0.15, 0.2) is 24.3 Å². The molecule has 0 heterocycles. The van der Waals surface area contributed by atoms with Gasteiger partial charge in [-0.1, -0.05) is 6.07 Å². The Kier molecular flexibility index (Phi) is 5.06. The second-order valence-corrected chi connectivity index (χ2v) is 3.52. The molecule has 1 aromatic rings. The SMILES string of the molecule is CC(=O)OCC(O)COc1cccc([N+](=O)[O-])c1. The highest BCUT2D eigenvalue weighted by molar-refractivity contribution is 5.65. The lowest BCUT2D eigenvalue weighted by atomic mass is 10.3. The fourth-order valence-electron chi connectivity index (χ4n) is 1.14. The lowest BCUT2D eigenvalue weighted by molar-refractivity contribution is -0.384. The first-order valence-electron chi connectivity index (χ1n) is 5.17. The van der Waals surface area contributed by atoms with Crippen molar-refractivity contribution < 1.29 is 24.3 Å². The monoisotopic (exact) mass is 255 g/mol. The van der Waals surface area contributed by atoms with Gasteiger partial charge in [-0.05, 0) is 6.07 Å². The molecule has 1 atom stereocenters. The topological polar surface area (TPSA) is 98.9 Å². The van der Waals surface area contributed by atoms with E-state index in [-0.39, 0.29) is 24.7 Å². The Labute approximate surface area is 103 Å². The largest absolute Gasteiger partial charge is 0.490 e. The average molecular weight is 255 g/mol. The van der Waals surface area contributed by atoms with Crippen molar-refractivity contribution in [3.05, 3.63) is 34.4 Å². The number of esters is 1. The molecule has 1 aromatic carbocycles. The van der Waals surface area contributed by atoms with Crippen molar-refractivity contribution in [1.82, 2.24) is 0 Å². The predicted molar refractivity (Wildman–Crippen MR) is 61.2 cm³/mol. The van der Waals surface area contributed by atoms with Gasteiger partial charge in [0, 0.05) is 13.0 Å². The fourth-order valence-corrected chi connectivity index (χ4v) is 1.14. The smallest absolute Gasteiger partial charge is 0.302 e.